The van der Waals surface area contributed by atoms with Gasteiger partial charge in [0.25, 0.3) is 0 Å². The van der Waals surface area contributed by atoms with E-state index in [0.717, 1.165) is 34.1 Å². The van der Waals surface area contributed by atoms with E-state index in [4.69, 9.17) is 14.2 Å². The van der Waals surface area contributed by atoms with Gasteiger partial charge in [-0.2, -0.15) is 4.68 Å². The number of methoxy groups -OCH3 is 3. The van der Waals surface area contributed by atoms with Crippen LogP contribution in [-0.2, 0) is 0 Å². The van der Waals surface area contributed by atoms with Gasteiger partial charge in [0.1, 0.15) is 23.3 Å². The monoisotopic (exact) mass is 365 g/mol. The first-order valence-electron chi connectivity index (χ1n) is 8.36. The molecule has 0 radical (unpaired) electrons. The lowest BCUT2D eigenvalue weighted by atomic mass is 10.0. The highest BCUT2D eigenvalue weighted by Gasteiger charge is 2.27. The Hall–Kier alpha value is -3.55. The van der Waals surface area contributed by atoms with Crippen molar-refractivity contribution in [2.45, 2.75) is 6.04 Å². The molecule has 1 atom stereocenters. The van der Waals surface area contributed by atoms with Crippen LogP contribution in [0.2, 0.25) is 0 Å². The second kappa shape index (κ2) is 6.99. The molecule has 2 heterocycles. The van der Waals surface area contributed by atoms with E-state index in [0.29, 0.717) is 5.95 Å². The van der Waals surface area contributed by atoms with Gasteiger partial charge in [0.15, 0.2) is 0 Å². The molecule has 0 fully saturated rings. The molecular weight excluding hydrogens is 346 g/mol. The molecule has 1 aliphatic heterocycles. The standard InChI is InChI=1S/C19H19N5O3/c1-25-13-6-4-12(5-7-13)16-11-17(24-19(20-16)21-22-23-24)15-10-14(26-2)8-9-18(15)27-3/h4-11,17H,1-3H3,(H,20,21,23)/t17-/m0/s1. The van der Waals surface area contributed by atoms with Gasteiger partial charge < -0.3 is 19.5 Å². The predicted octanol–water partition coefficient (Wildman–Crippen LogP) is 2.75. The van der Waals surface area contributed by atoms with Gasteiger partial charge in [0.2, 0.25) is 5.95 Å². The average molecular weight is 365 g/mol. The first kappa shape index (κ1) is 16.9. The molecule has 0 saturated carbocycles. The van der Waals surface area contributed by atoms with Crippen LogP contribution in [0.5, 0.6) is 17.2 Å². The predicted molar refractivity (Wildman–Crippen MR) is 100 cm³/mol. The average Bonchev–Trinajstić information content (AvgIpc) is 3.21. The minimum absolute atomic E-state index is 0.251. The number of nitrogens with one attached hydrogen (secondary N) is 1. The summed E-state index contributed by atoms with van der Waals surface area (Å²) in [5.74, 6) is 2.82. The quantitative estimate of drug-likeness (QED) is 0.744. The molecule has 27 heavy (non-hydrogen) atoms. The fraction of sp³-hybridized carbons (Fsp3) is 0.211. The molecule has 0 unspecified atom stereocenters. The third kappa shape index (κ3) is 3.05. The summed E-state index contributed by atoms with van der Waals surface area (Å²) in [4.78, 5) is 0. The minimum Gasteiger partial charge on any atom is -0.497 e. The number of aromatic nitrogens is 4. The van der Waals surface area contributed by atoms with E-state index < -0.39 is 0 Å². The molecule has 8 heteroatoms. The molecular formula is C19H19N5O3. The van der Waals surface area contributed by atoms with Crippen LogP contribution in [0.25, 0.3) is 5.70 Å². The molecule has 1 N–H and O–H groups in total. The molecule has 0 spiro atoms. The van der Waals surface area contributed by atoms with Crippen molar-refractivity contribution in [1.29, 1.82) is 0 Å². The highest BCUT2D eigenvalue weighted by molar-refractivity contribution is 5.77. The van der Waals surface area contributed by atoms with Crippen LogP contribution in [0.1, 0.15) is 17.2 Å². The summed E-state index contributed by atoms with van der Waals surface area (Å²) < 4.78 is 17.9. The summed E-state index contributed by atoms with van der Waals surface area (Å²) in [7, 11) is 4.92. The molecule has 0 bridgehead atoms. The fourth-order valence-electron chi connectivity index (χ4n) is 3.08. The molecule has 4 rings (SSSR count). The molecule has 1 aliphatic rings. The maximum Gasteiger partial charge on any atom is 0.248 e. The van der Waals surface area contributed by atoms with E-state index in [1.54, 1.807) is 26.0 Å². The van der Waals surface area contributed by atoms with Gasteiger partial charge in [-0.1, -0.05) is 5.10 Å². The largest absolute Gasteiger partial charge is 0.497 e. The van der Waals surface area contributed by atoms with Crippen molar-refractivity contribution in [2.24, 2.45) is 0 Å². The lowest BCUT2D eigenvalue weighted by Gasteiger charge is -2.25. The van der Waals surface area contributed by atoms with Crippen molar-refractivity contribution < 1.29 is 14.2 Å². The van der Waals surface area contributed by atoms with Crippen molar-refractivity contribution in [3.8, 4) is 17.2 Å². The molecule has 0 aliphatic carbocycles. The van der Waals surface area contributed by atoms with Gasteiger partial charge >= 0.3 is 0 Å². The second-order valence-electron chi connectivity index (χ2n) is 5.93. The van der Waals surface area contributed by atoms with Crippen LogP contribution in [-0.4, -0.2) is 41.5 Å². The van der Waals surface area contributed by atoms with E-state index in [1.807, 2.05) is 42.5 Å². The molecule has 2 aromatic carbocycles. The highest BCUT2D eigenvalue weighted by atomic mass is 16.5. The molecule has 0 amide bonds. The Morgan fingerprint density at radius 2 is 1.67 bits per heavy atom. The number of allylic oxidation sites excluding steroid dienone is 1. The zero-order chi connectivity index (χ0) is 18.8. The third-order valence-electron chi connectivity index (χ3n) is 4.48. The van der Waals surface area contributed by atoms with Gasteiger partial charge in [-0.3, -0.25) is 0 Å². The molecule has 138 valence electrons. The molecule has 0 saturated heterocycles. The summed E-state index contributed by atoms with van der Waals surface area (Å²) in [6.07, 6.45) is 2.06. The Bertz CT molecular complexity index is 981. The number of anilines is 1. The minimum atomic E-state index is -0.251. The Labute approximate surface area is 156 Å². The van der Waals surface area contributed by atoms with Crippen LogP contribution >= 0.6 is 0 Å². The number of hydrogen-bond donors (Lipinski definition) is 1. The molecule has 1 aromatic heterocycles. The zero-order valence-electron chi connectivity index (χ0n) is 15.2. The summed E-state index contributed by atoms with van der Waals surface area (Å²) in [5, 5.41) is 15.3. The van der Waals surface area contributed by atoms with E-state index in [9.17, 15) is 0 Å². The Balaban J connectivity index is 1.82. The third-order valence-corrected chi connectivity index (χ3v) is 4.48. The first-order valence-corrected chi connectivity index (χ1v) is 8.36. The summed E-state index contributed by atoms with van der Waals surface area (Å²) in [6, 6.07) is 13.2. The van der Waals surface area contributed by atoms with Gasteiger partial charge in [-0.25, -0.2) is 0 Å². The van der Waals surface area contributed by atoms with Crippen molar-refractivity contribution in [3.05, 3.63) is 59.7 Å². The number of rotatable bonds is 5. The number of fused-ring (bicyclic) bond motifs is 1. The highest BCUT2D eigenvalue weighted by Crippen LogP contribution is 2.37. The van der Waals surface area contributed by atoms with Gasteiger partial charge in [-0.15, -0.1) is 0 Å². The van der Waals surface area contributed by atoms with Crippen LogP contribution in [0.4, 0.5) is 5.95 Å². The maximum atomic E-state index is 5.56. The Morgan fingerprint density at radius 3 is 2.37 bits per heavy atom. The van der Waals surface area contributed by atoms with E-state index in [1.165, 1.54) is 0 Å². The van der Waals surface area contributed by atoms with Crippen molar-refractivity contribution >= 4 is 11.6 Å². The summed E-state index contributed by atoms with van der Waals surface area (Å²) >= 11 is 0. The Morgan fingerprint density at radius 1 is 0.926 bits per heavy atom. The lowest BCUT2D eigenvalue weighted by Crippen LogP contribution is -2.20. The van der Waals surface area contributed by atoms with E-state index >= 15 is 0 Å². The van der Waals surface area contributed by atoms with Gasteiger partial charge in [-0.05, 0) is 64.5 Å². The maximum absolute atomic E-state index is 5.56. The lowest BCUT2D eigenvalue weighted by molar-refractivity contribution is 0.393. The summed E-state index contributed by atoms with van der Waals surface area (Å²) in [5.41, 5.74) is 2.80. The Kier molecular flexibility index (Phi) is 4.37. The number of benzene rings is 2. The number of hydrogen-bond acceptors (Lipinski definition) is 7. The van der Waals surface area contributed by atoms with E-state index in [-0.39, 0.29) is 6.04 Å². The number of tetrazole rings is 1. The number of nitrogens with zero attached hydrogens (tertiary/aromatic N) is 4. The van der Waals surface area contributed by atoms with Crippen molar-refractivity contribution in [3.63, 3.8) is 0 Å². The van der Waals surface area contributed by atoms with Gasteiger partial charge in [0, 0.05) is 11.3 Å². The van der Waals surface area contributed by atoms with Crippen LogP contribution < -0.4 is 19.5 Å². The fourth-order valence-corrected chi connectivity index (χ4v) is 3.08. The summed E-state index contributed by atoms with van der Waals surface area (Å²) in [6.45, 7) is 0. The molecule has 8 nitrogen and oxygen atoms in total. The number of ether oxygens (including phenoxy) is 3. The van der Waals surface area contributed by atoms with Gasteiger partial charge in [0.05, 0.1) is 21.3 Å². The van der Waals surface area contributed by atoms with Crippen LogP contribution in [0.15, 0.2) is 48.5 Å². The van der Waals surface area contributed by atoms with E-state index in [2.05, 4.69) is 26.9 Å². The topological polar surface area (TPSA) is 83.3 Å². The van der Waals surface area contributed by atoms with Crippen molar-refractivity contribution in [2.75, 3.05) is 26.6 Å². The van der Waals surface area contributed by atoms with Crippen molar-refractivity contribution in [1.82, 2.24) is 20.2 Å². The normalized spacial score (nSPS) is 15.4. The molecule has 3 aromatic rings. The van der Waals surface area contributed by atoms with Crippen LogP contribution in [0.3, 0.4) is 0 Å². The van der Waals surface area contributed by atoms with Crippen LogP contribution in [0, 0.1) is 0 Å². The SMILES string of the molecule is COc1ccc(C2=C[C@@H](c3cc(OC)ccc3OC)n3nnnc3N2)cc1. The zero-order valence-corrected chi connectivity index (χ0v) is 15.2. The first-order chi connectivity index (χ1) is 13.2. The second-order valence-corrected chi connectivity index (χ2v) is 5.93. The smallest absolute Gasteiger partial charge is 0.248 e.